The van der Waals surface area contributed by atoms with E-state index in [2.05, 4.69) is 22.1 Å². The third-order valence-corrected chi connectivity index (χ3v) is 6.71. The van der Waals surface area contributed by atoms with Crippen molar-refractivity contribution in [3.8, 4) is 17.2 Å². The highest BCUT2D eigenvalue weighted by atomic mass is 35.5. The van der Waals surface area contributed by atoms with Gasteiger partial charge in [0.1, 0.15) is 24.6 Å². The second kappa shape index (κ2) is 11.8. The molecule has 1 saturated heterocycles. The van der Waals surface area contributed by atoms with Crippen LogP contribution in [0.3, 0.4) is 0 Å². The first-order valence-corrected chi connectivity index (χ1v) is 12.3. The first-order valence-electron chi connectivity index (χ1n) is 11.9. The predicted octanol–water partition coefficient (Wildman–Crippen LogP) is 4.99. The van der Waals surface area contributed by atoms with Gasteiger partial charge >= 0.3 is 0 Å². The summed E-state index contributed by atoms with van der Waals surface area (Å²) in [6, 6.07) is 13.6. The number of ether oxygens (including phenoxy) is 4. The minimum atomic E-state index is -0.294. The first kappa shape index (κ1) is 25.4. The zero-order valence-corrected chi connectivity index (χ0v) is 21.5. The van der Waals surface area contributed by atoms with Gasteiger partial charge < -0.3 is 18.9 Å². The Morgan fingerprint density at radius 1 is 1.03 bits per heavy atom. The van der Waals surface area contributed by atoms with Gasteiger partial charge in [0.05, 0.1) is 19.9 Å². The number of rotatable bonds is 11. The molecule has 8 heteroatoms. The van der Waals surface area contributed by atoms with Crippen LogP contribution in [0.5, 0.6) is 17.2 Å². The van der Waals surface area contributed by atoms with E-state index in [0.717, 1.165) is 55.3 Å². The molecule has 3 aromatic rings. The molecular weight excluding hydrogens is 466 g/mol. The molecule has 1 fully saturated rings. The maximum atomic E-state index is 6.08. The lowest BCUT2D eigenvalue weighted by atomic mass is 9.91. The van der Waals surface area contributed by atoms with Gasteiger partial charge in [-0.25, -0.2) is 0 Å². The van der Waals surface area contributed by atoms with Crippen molar-refractivity contribution in [3.05, 3.63) is 71.0 Å². The number of halogens is 1. The molecular formula is C27H34ClN3O4. The molecule has 0 bridgehead atoms. The van der Waals surface area contributed by atoms with Gasteiger partial charge in [-0.15, -0.1) is 0 Å². The van der Waals surface area contributed by atoms with Crippen molar-refractivity contribution in [2.45, 2.75) is 38.5 Å². The van der Waals surface area contributed by atoms with Crippen molar-refractivity contribution in [2.75, 3.05) is 40.5 Å². The molecule has 1 aliphatic heterocycles. The summed E-state index contributed by atoms with van der Waals surface area (Å²) in [7, 11) is 3.44. The van der Waals surface area contributed by atoms with Crippen LogP contribution in [0.4, 0.5) is 0 Å². The van der Waals surface area contributed by atoms with Gasteiger partial charge in [0, 0.05) is 38.0 Å². The second-order valence-corrected chi connectivity index (χ2v) is 9.46. The fraction of sp³-hybridized carbons (Fsp3) is 0.444. The maximum absolute atomic E-state index is 6.08. The summed E-state index contributed by atoms with van der Waals surface area (Å²) < 4.78 is 25.4. The highest BCUT2D eigenvalue weighted by Gasteiger charge is 2.35. The zero-order valence-electron chi connectivity index (χ0n) is 20.7. The molecule has 0 spiro atoms. The Morgan fingerprint density at radius 3 is 2.54 bits per heavy atom. The SMILES string of the molecule is COc1ccc(CN2CCC(COc3cccc(Cl)c3)(OC)CC2)cc1OCCn1cc(C)cn1. The summed E-state index contributed by atoms with van der Waals surface area (Å²) in [6.45, 7) is 6.43. The highest BCUT2D eigenvalue weighted by molar-refractivity contribution is 6.30. The number of aryl methyl sites for hydroxylation is 1. The van der Waals surface area contributed by atoms with Gasteiger partial charge in [-0.05, 0) is 61.2 Å². The molecule has 0 amide bonds. The van der Waals surface area contributed by atoms with Crippen LogP contribution in [-0.4, -0.2) is 60.8 Å². The van der Waals surface area contributed by atoms with E-state index in [4.69, 9.17) is 30.5 Å². The van der Waals surface area contributed by atoms with E-state index in [9.17, 15) is 0 Å². The summed E-state index contributed by atoms with van der Waals surface area (Å²) in [5.41, 5.74) is 2.04. The molecule has 0 saturated carbocycles. The number of benzene rings is 2. The van der Waals surface area contributed by atoms with E-state index in [1.807, 2.05) is 54.3 Å². The van der Waals surface area contributed by atoms with Crippen LogP contribution in [-0.2, 0) is 17.8 Å². The van der Waals surface area contributed by atoms with Crippen LogP contribution in [0, 0.1) is 6.92 Å². The average Bonchev–Trinajstić information content (AvgIpc) is 3.29. The van der Waals surface area contributed by atoms with Crippen LogP contribution >= 0.6 is 11.6 Å². The standard InChI is InChI=1S/C27H34ClN3O4/c1-21-17-29-31(18-21)13-14-34-26-15-22(7-8-25(26)32-2)19-30-11-9-27(33-3,10-12-30)20-35-24-6-4-5-23(28)16-24/h4-8,15-18H,9-14,19-20H2,1-3H3. The van der Waals surface area contributed by atoms with Crippen LogP contribution in [0.15, 0.2) is 54.9 Å². The summed E-state index contributed by atoms with van der Waals surface area (Å²) in [5, 5.41) is 4.98. The molecule has 0 atom stereocenters. The first-order chi connectivity index (χ1) is 17.0. The molecule has 7 nitrogen and oxygen atoms in total. The molecule has 0 aliphatic carbocycles. The molecule has 0 N–H and O–H groups in total. The van der Waals surface area contributed by atoms with Gasteiger partial charge in [0.25, 0.3) is 0 Å². The van der Waals surface area contributed by atoms with E-state index >= 15 is 0 Å². The number of methoxy groups -OCH3 is 2. The number of likely N-dealkylation sites (tertiary alicyclic amines) is 1. The van der Waals surface area contributed by atoms with Crippen molar-refractivity contribution in [2.24, 2.45) is 0 Å². The Kier molecular flexibility index (Phi) is 8.55. The molecule has 2 heterocycles. The van der Waals surface area contributed by atoms with Crippen LogP contribution in [0.25, 0.3) is 0 Å². The third kappa shape index (κ3) is 6.90. The van der Waals surface area contributed by atoms with Crippen molar-refractivity contribution in [1.29, 1.82) is 0 Å². The topological polar surface area (TPSA) is 58.0 Å². The fourth-order valence-electron chi connectivity index (χ4n) is 4.33. The monoisotopic (exact) mass is 499 g/mol. The molecule has 0 radical (unpaired) electrons. The molecule has 1 aromatic heterocycles. The Bertz CT molecular complexity index is 1100. The van der Waals surface area contributed by atoms with Gasteiger partial charge in [-0.1, -0.05) is 23.7 Å². The zero-order chi connectivity index (χ0) is 24.7. The molecule has 188 valence electrons. The maximum Gasteiger partial charge on any atom is 0.161 e. The normalized spacial score (nSPS) is 15.7. The van der Waals surface area contributed by atoms with Gasteiger partial charge in [-0.2, -0.15) is 5.10 Å². The number of nitrogens with zero attached hydrogens (tertiary/aromatic N) is 3. The minimum absolute atomic E-state index is 0.294. The smallest absolute Gasteiger partial charge is 0.161 e. The minimum Gasteiger partial charge on any atom is -0.493 e. The van der Waals surface area contributed by atoms with E-state index in [-0.39, 0.29) is 5.60 Å². The lowest BCUT2D eigenvalue weighted by Gasteiger charge is -2.40. The van der Waals surface area contributed by atoms with Gasteiger partial charge in [0.2, 0.25) is 0 Å². The fourth-order valence-corrected chi connectivity index (χ4v) is 4.51. The van der Waals surface area contributed by atoms with E-state index in [1.54, 1.807) is 14.2 Å². The second-order valence-electron chi connectivity index (χ2n) is 9.02. The van der Waals surface area contributed by atoms with Crippen molar-refractivity contribution in [1.82, 2.24) is 14.7 Å². The molecule has 4 rings (SSSR count). The Hall–Kier alpha value is -2.74. The Morgan fingerprint density at radius 2 is 1.86 bits per heavy atom. The third-order valence-electron chi connectivity index (χ3n) is 6.47. The highest BCUT2D eigenvalue weighted by Crippen LogP contribution is 2.31. The lowest BCUT2D eigenvalue weighted by molar-refractivity contribution is -0.0839. The van der Waals surface area contributed by atoms with Crippen molar-refractivity contribution >= 4 is 11.6 Å². The Balaban J connectivity index is 1.30. The predicted molar refractivity (Wildman–Crippen MR) is 137 cm³/mol. The molecule has 1 aliphatic rings. The summed E-state index contributed by atoms with van der Waals surface area (Å²) in [6.07, 6.45) is 5.65. The number of aromatic nitrogens is 2. The number of piperidine rings is 1. The van der Waals surface area contributed by atoms with E-state index < -0.39 is 0 Å². The van der Waals surface area contributed by atoms with Crippen LogP contribution < -0.4 is 14.2 Å². The summed E-state index contributed by atoms with van der Waals surface area (Å²) >= 11 is 6.08. The van der Waals surface area contributed by atoms with Crippen molar-refractivity contribution in [3.63, 3.8) is 0 Å². The van der Waals surface area contributed by atoms with Gasteiger partial charge in [-0.3, -0.25) is 9.58 Å². The lowest BCUT2D eigenvalue weighted by Crippen LogP contribution is -2.48. The largest absolute Gasteiger partial charge is 0.493 e. The average molecular weight is 500 g/mol. The van der Waals surface area contributed by atoms with E-state index in [0.29, 0.717) is 24.8 Å². The van der Waals surface area contributed by atoms with Crippen molar-refractivity contribution < 1.29 is 18.9 Å². The molecule has 0 unspecified atom stereocenters. The Labute approximate surface area is 212 Å². The number of hydrogen-bond acceptors (Lipinski definition) is 6. The van der Waals surface area contributed by atoms with Crippen LogP contribution in [0.2, 0.25) is 5.02 Å². The molecule has 2 aromatic carbocycles. The summed E-state index contributed by atoms with van der Waals surface area (Å²) in [5.74, 6) is 2.26. The summed E-state index contributed by atoms with van der Waals surface area (Å²) in [4.78, 5) is 2.44. The quantitative estimate of drug-likeness (QED) is 0.370. The van der Waals surface area contributed by atoms with Crippen LogP contribution in [0.1, 0.15) is 24.0 Å². The number of hydrogen-bond donors (Lipinski definition) is 0. The molecule has 35 heavy (non-hydrogen) atoms. The van der Waals surface area contributed by atoms with E-state index in [1.165, 1.54) is 5.56 Å². The van der Waals surface area contributed by atoms with Gasteiger partial charge in [0.15, 0.2) is 11.5 Å².